The average Bonchev–Trinajstić information content (AvgIpc) is 3.35. The van der Waals surface area contributed by atoms with E-state index in [2.05, 4.69) is 10.3 Å². The first-order chi connectivity index (χ1) is 20.6. The van der Waals surface area contributed by atoms with Gasteiger partial charge in [-0.2, -0.15) is 0 Å². The molecule has 1 saturated heterocycles. The van der Waals surface area contributed by atoms with Crippen molar-refractivity contribution in [2.24, 2.45) is 0 Å². The fourth-order valence-electron chi connectivity index (χ4n) is 5.81. The van der Waals surface area contributed by atoms with Crippen LogP contribution in [0.2, 0.25) is 5.02 Å². The monoisotopic (exact) mass is 606 g/mol. The Morgan fingerprint density at radius 3 is 2.51 bits per heavy atom. The van der Waals surface area contributed by atoms with Gasteiger partial charge in [0.1, 0.15) is 23.7 Å². The van der Waals surface area contributed by atoms with Crippen LogP contribution in [0.25, 0.3) is 10.8 Å². The van der Waals surface area contributed by atoms with Gasteiger partial charge < -0.3 is 5.32 Å². The summed E-state index contributed by atoms with van der Waals surface area (Å²) in [6.07, 6.45) is 0.612. The van der Waals surface area contributed by atoms with Gasteiger partial charge in [-0.1, -0.05) is 60.1 Å². The van der Waals surface area contributed by atoms with Gasteiger partial charge in [0.15, 0.2) is 0 Å². The Bertz CT molecular complexity index is 1720. The molecule has 0 radical (unpaired) electrons. The van der Waals surface area contributed by atoms with Gasteiger partial charge >= 0.3 is 0 Å². The number of hydrogen-bond donors (Lipinski definition) is 1. The number of anilines is 2. The number of nitrogens with zero attached hydrogens (tertiary/aromatic N) is 3. The SMILES string of the molecule is O=C(NC1CC(F)(F)C1)[C@H](c1ccccc1Cl)N(C(=O)[C@@H]1CCC(=O)N1c1nccc2ccccc12)c1cccc(F)c1. The van der Waals surface area contributed by atoms with E-state index in [-0.39, 0.29) is 40.8 Å². The third kappa shape index (κ3) is 5.54. The molecule has 1 aromatic heterocycles. The molecular weight excluding hydrogens is 581 g/mol. The molecule has 3 aromatic carbocycles. The molecule has 1 N–H and O–H groups in total. The number of alkyl halides is 2. The van der Waals surface area contributed by atoms with E-state index in [0.29, 0.717) is 5.39 Å². The summed E-state index contributed by atoms with van der Waals surface area (Å²) in [5.74, 6) is -5.05. The van der Waals surface area contributed by atoms with Crippen molar-refractivity contribution >= 4 is 51.6 Å². The molecule has 1 saturated carbocycles. The molecule has 2 fully saturated rings. The quantitative estimate of drug-likeness (QED) is 0.271. The highest BCUT2D eigenvalue weighted by Crippen LogP contribution is 2.40. The van der Waals surface area contributed by atoms with Gasteiger partial charge in [-0.05, 0) is 42.1 Å². The molecule has 0 bridgehead atoms. The van der Waals surface area contributed by atoms with Crippen molar-refractivity contribution < 1.29 is 27.6 Å². The predicted octanol–water partition coefficient (Wildman–Crippen LogP) is 6.21. The van der Waals surface area contributed by atoms with Crippen molar-refractivity contribution in [1.29, 1.82) is 0 Å². The van der Waals surface area contributed by atoms with E-state index >= 15 is 0 Å². The fourth-order valence-corrected chi connectivity index (χ4v) is 6.05. The van der Waals surface area contributed by atoms with Crippen LogP contribution in [0.5, 0.6) is 0 Å². The summed E-state index contributed by atoms with van der Waals surface area (Å²) in [5, 5.41) is 4.24. The van der Waals surface area contributed by atoms with E-state index in [9.17, 15) is 27.6 Å². The molecule has 4 aromatic rings. The number of carbonyl (C=O) groups is 3. The molecule has 1 aliphatic heterocycles. The summed E-state index contributed by atoms with van der Waals surface area (Å²) in [7, 11) is 0. The van der Waals surface area contributed by atoms with E-state index in [1.165, 1.54) is 29.2 Å². The number of rotatable bonds is 7. The molecule has 1 aliphatic carbocycles. The van der Waals surface area contributed by atoms with Gasteiger partial charge in [-0.15, -0.1) is 0 Å². The second-order valence-corrected chi connectivity index (χ2v) is 11.2. The van der Waals surface area contributed by atoms with E-state index in [4.69, 9.17) is 11.6 Å². The van der Waals surface area contributed by atoms with E-state index in [0.717, 1.165) is 16.4 Å². The summed E-state index contributed by atoms with van der Waals surface area (Å²) in [4.78, 5) is 48.8. The molecule has 6 rings (SSSR count). The number of nitrogens with one attached hydrogen (secondary N) is 1. The van der Waals surface area contributed by atoms with Crippen LogP contribution in [0.15, 0.2) is 85.1 Å². The third-order valence-corrected chi connectivity index (χ3v) is 8.19. The standard InChI is InChI=1S/C32H26ClF3N4O3/c33-25-11-4-3-10-24(25)28(30(42)38-21-17-32(35,36)18-21)39(22-8-5-7-20(34)16-22)31(43)26-12-13-27(41)40(26)29-23-9-2-1-6-19(23)14-15-37-29/h1-11,14-16,21,26,28H,12-13,17-18H2,(H,38,42)/t26-,28-/m0/s1. The highest BCUT2D eigenvalue weighted by Gasteiger charge is 2.48. The van der Waals surface area contributed by atoms with Gasteiger partial charge in [-0.3, -0.25) is 24.2 Å². The first-order valence-electron chi connectivity index (χ1n) is 13.8. The largest absolute Gasteiger partial charge is 0.351 e. The van der Waals surface area contributed by atoms with E-state index in [1.54, 1.807) is 42.6 Å². The maximum atomic E-state index is 14.7. The van der Waals surface area contributed by atoms with Crippen LogP contribution in [0.4, 0.5) is 24.7 Å². The molecule has 43 heavy (non-hydrogen) atoms. The lowest BCUT2D eigenvalue weighted by atomic mass is 9.87. The second-order valence-electron chi connectivity index (χ2n) is 10.8. The maximum absolute atomic E-state index is 14.7. The Morgan fingerprint density at radius 2 is 1.77 bits per heavy atom. The lowest BCUT2D eigenvalue weighted by molar-refractivity contribution is -0.133. The smallest absolute Gasteiger partial charge is 0.252 e. The minimum absolute atomic E-state index is 0.0363. The molecule has 2 heterocycles. The van der Waals surface area contributed by atoms with Gasteiger partial charge in [0, 0.05) is 53.2 Å². The van der Waals surface area contributed by atoms with Crippen molar-refractivity contribution in [3.05, 3.63) is 101 Å². The molecule has 2 aliphatic rings. The van der Waals surface area contributed by atoms with Crippen LogP contribution < -0.4 is 15.1 Å². The lowest BCUT2D eigenvalue weighted by Gasteiger charge is -2.39. The zero-order chi connectivity index (χ0) is 30.3. The topological polar surface area (TPSA) is 82.6 Å². The molecule has 220 valence electrons. The van der Waals surface area contributed by atoms with Crippen LogP contribution in [0, 0.1) is 5.82 Å². The summed E-state index contributed by atoms with van der Waals surface area (Å²) >= 11 is 6.55. The Kier molecular flexibility index (Phi) is 7.56. The normalized spacial score (nSPS) is 18.7. The van der Waals surface area contributed by atoms with E-state index < -0.39 is 54.5 Å². The third-order valence-electron chi connectivity index (χ3n) is 7.84. The van der Waals surface area contributed by atoms with Crippen LogP contribution in [-0.2, 0) is 14.4 Å². The number of halogens is 4. The number of carbonyl (C=O) groups excluding carboxylic acids is 3. The first kappa shape index (κ1) is 28.7. The van der Waals surface area contributed by atoms with Crippen LogP contribution in [0.1, 0.15) is 37.3 Å². The molecule has 11 heteroatoms. The number of aromatic nitrogens is 1. The van der Waals surface area contributed by atoms with E-state index in [1.807, 2.05) is 12.1 Å². The Morgan fingerprint density at radius 1 is 1.02 bits per heavy atom. The predicted molar refractivity (Wildman–Crippen MR) is 156 cm³/mol. The zero-order valence-corrected chi connectivity index (χ0v) is 23.5. The summed E-state index contributed by atoms with van der Waals surface area (Å²) < 4.78 is 41.9. The van der Waals surface area contributed by atoms with Crippen molar-refractivity contribution in [3.63, 3.8) is 0 Å². The van der Waals surface area contributed by atoms with Gasteiger partial charge in [-0.25, -0.2) is 18.2 Å². The number of pyridine rings is 1. The first-order valence-corrected chi connectivity index (χ1v) is 14.2. The van der Waals surface area contributed by atoms with Crippen LogP contribution >= 0.6 is 11.6 Å². The highest BCUT2D eigenvalue weighted by molar-refractivity contribution is 6.31. The molecular formula is C32H26ClF3N4O3. The maximum Gasteiger partial charge on any atom is 0.252 e. The minimum atomic E-state index is -2.90. The van der Waals surface area contributed by atoms with Crippen LogP contribution in [0.3, 0.4) is 0 Å². The molecule has 7 nitrogen and oxygen atoms in total. The van der Waals surface area contributed by atoms with Crippen molar-refractivity contribution in [3.8, 4) is 0 Å². The van der Waals surface area contributed by atoms with Crippen molar-refractivity contribution in [1.82, 2.24) is 10.3 Å². The lowest BCUT2D eigenvalue weighted by Crippen LogP contribution is -2.56. The molecule has 0 unspecified atom stereocenters. The second kappa shape index (κ2) is 11.3. The Balaban J connectivity index is 1.46. The van der Waals surface area contributed by atoms with Crippen molar-refractivity contribution in [2.75, 3.05) is 9.80 Å². The van der Waals surface area contributed by atoms with Crippen molar-refractivity contribution in [2.45, 2.75) is 49.7 Å². The highest BCUT2D eigenvalue weighted by atomic mass is 35.5. The van der Waals surface area contributed by atoms with Gasteiger partial charge in [0.25, 0.3) is 11.8 Å². The Labute approximate surface area is 250 Å². The summed E-state index contributed by atoms with van der Waals surface area (Å²) in [5.41, 5.74) is 0.249. The van der Waals surface area contributed by atoms with Gasteiger partial charge in [0.2, 0.25) is 11.8 Å². The minimum Gasteiger partial charge on any atom is -0.351 e. The molecule has 2 atom stereocenters. The van der Waals surface area contributed by atoms with Gasteiger partial charge in [0.05, 0.1) is 0 Å². The number of fused-ring (bicyclic) bond motifs is 1. The van der Waals surface area contributed by atoms with Crippen LogP contribution in [-0.4, -0.2) is 40.7 Å². The zero-order valence-electron chi connectivity index (χ0n) is 22.7. The number of hydrogen-bond acceptors (Lipinski definition) is 4. The summed E-state index contributed by atoms with van der Waals surface area (Å²) in [6.45, 7) is 0. The fraction of sp³-hybridized carbons (Fsp3) is 0.250. The Hall–Kier alpha value is -4.44. The summed E-state index contributed by atoms with van der Waals surface area (Å²) in [6, 6.07) is 17.2. The number of amides is 3. The average molecular weight is 607 g/mol. The number of benzene rings is 3. The molecule has 3 amide bonds. The molecule has 0 spiro atoms.